The maximum absolute atomic E-state index is 11.2. The molecule has 4 nitrogen and oxygen atoms in total. The normalized spacial score (nSPS) is 12.1. The smallest absolute Gasteiger partial charge is 0.322 e. The highest BCUT2D eigenvalue weighted by Crippen LogP contribution is 2.25. The van der Waals surface area contributed by atoms with Gasteiger partial charge in [0.15, 0.2) is 0 Å². The van der Waals surface area contributed by atoms with Crippen LogP contribution in [0.15, 0.2) is 12.1 Å². The van der Waals surface area contributed by atoms with Crippen LogP contribution < -0.4 is 10.5 Å². The minimum atomic E-state index is -0.583. The number of aryl methyl sites for hydroxylation is 2. The van der Waals surface area contributed by atoms with Gasteiger partial charge in [-0.2, -0.15) is 0 Å². The zero-order valence-corrected chi connectivity index (χ0v) is 11.4. The first-order valence-corrected chi connectivity index (χ1v) is 5.97. The lowest BCUT2D eigenvalue weighted by molar-refractivity contribution is -0.142. The second-order valence-electron chi connectivity index (χ2n) is 4.43. The molecule has 4 heteroatoms. The van der Waals surface area contributed by atoms with Crippen molar-refractivity contribution in [1.29, 1.82) is 0 Å². The van der Waals surface area contributed by atoms with Gasteiger partial charge in [-0.1, -0.05) is 6.07 Å². The summed E-state index contributed by atoms with van der Waals surface area (Å²) >= 11 is 0. The predicted molar refractivity (Wildman–Crippen MR) is 70.8 cm³/mol. The Hall–Kier alpha value is -1.55. The van der Waals surface area contributed by atoms with Crippen molar-refractivity contribution in [3.63, 3.8) is 0 Å². The number of esters is 1. The summed E-state index contributed by atoms with van der Waals surface area (Å²) in [5.41, 5.74) is 9.15. The van der Waals surface area contributed by atoms with Crippen molar-refractivity contribution in [3.05, 3.63) is 28.8 Å². The van der Waals surface area contributed by atoms with E-state index in [2.05, 4.69) is 10.8 Å². The van der Waals surface area contributed by atoms with Gasteiger partial charge in [-0.3, -0.25) is 4.79 Å². The monoisotopic (exact) mass is 251 g/mol. The van der Waals surface area contributed by atoms with Gasteiger partial charge in [0.1, 0.15) is 11.8 Å². The van der Waals surface area contributed by atoms with Crippen molar-refractivity contribution < 1.29 is 14.3 Å². The summed E-state index contributed by atoms with van der Waals surface area (Å²) in [6, 6.07) is 3.51. The molecule has 18 heavy (non-hydrogen) atoms. The van der Waals surface area contributed by atoms with Gasteiger partial charge in [-0.05, 0) is 49.4 Å². The molecule has 0 fully saturated rings. The summed E-state index contributed by atoms with van der Waals surface area (Å²) < 4.78 is 9.98. The van der Waals surface area contributed by atoms with Crippen LogP contribution in [0.2, 0.25) is 0 Å². The summed E-state index contributed by atoms with van der Waals surface area (Å²) in [4.78, 5) is 11.2. The first-order chi connectivity index (χ1) is 8.49. The molecule has 0 saturated carbocycles. The number of methoxy groups -OCH3 is 2. The van der Waals surface area contributed by atoms with Crippen LogP contribution in [0.3, 0.4) is 0 Å². The van der Waals surface area contributed by atoms with E-state index < -0.39 is 6.04 Å². The quantitative estimate of drug-likeness (QED) is 0.810. The third-order valence-corrected chi connectivity index (χ3v) is 3.01. The Morgan fingerprint density at radius 2 is 2.00 bits per heavy atom. The van der Waals surface area contributed by atoms with E-state index in [4.69, 9.17) is 10.5 Å². The molecular weight excluding hydrogens is 230 g/mol. The first-order valence-electron chi connectivity index (χ1n) is 5.97. The van der Waals surface area contributed by atoms with Crippen LogP contribution in [0.1, 0.15) is 23.1 Å². The number of nitrogens with two attached hydrogens (primary N) is 1. The lowest BCUT2D eigenvalue weighted by Gasteiger charge is -2.14. The van der Waals surface area contributed by atoms with Crippen LogP contribution in [0.25, 0.3) is 0 Å². The van der Waals surface area contributed by atoms with E-state index in [1.165, 1.54) is 7.11 Å². The van der Waals surface area contributed by atoms with Gasteiger partial charge in [0.25, 0.3) is 0 Å². The van der Waals surface area contributed by atoms with E-state index in [1.807, 2.05) is 19.9 Å². The second kappa shape index (κ2) is 6.40. The van der Waals surface area contributed by atoms with Crippen LogP contribution in [0.4, 0.5) is 0 Å². The molecule has 0 aliphatic carbocycles. The molecule has 0 aromatic heterocycles. The number of ether oxygens (including phenoxy) is 2. The number of hydrogen-bond acceptors (Lipinski definition) is 4. The summed E-state index contributed by atoms with van der Waals surface area (Å²) in [6.45, 7) is 4.06. The van der Waals surface area contributed by atoms with E-state index in [9.17, 15) is 4.79 Å². The lowest BCUT2D eigenvalue weighted by atomic mass is 9.98. The van der Waals surface area contributed by atoms with Crippen molar-refractivity contribution in [2.45, 2.75) is 32.7 Å². The Morgan fingerprint density at radius 1 is 1.33 bits per heavy atom. The molecule has 1 atom stereocenters. The average Bonchev–Trinajstić information content (AvgIpc) is 2.35. The van der Waals surface area contributed by atoms with E-state index >= 15 is 0 Å². The van der Waals surface area contributed by atoms with Crippen LogP contribution >= 0.6 is 0 Å². The van der Waals surface area contributed by atoms with Gasteiger partial charge < -0.3 is 15.2 Å². The summed E-state index contributed by atoms with van der Waals surface area (Å²) in [7, 11) is 3.00. The van der Waals surface area contributed by atoms with Gasteiger partial charge in [-0.15, -0.1) is 0 Å². The van der Waals surface area contributed by atoms with Crippen molar-refractivity contribution in [1.82, 2.24) is 0 Å². The standard InChI is InChI=1S/C14H21NO3/c1-9-7-10(2)11(13(8-9)17-3)5-6-12(15)14(16)18-4/h7-8,12H,5-6,15H2,1-4H3. The largest absolute Gasteiger partial charge is 0.496 e. The minimum absolute atomic E-state index is 0.376. The number of benzene rings is 1. The number of carbonyl (C=O) groups is 1. The molecule has 0 aliphatic rings. The number of rotatable bonds is 5. The van der Waals surface area contributed by atoms with Gasteiger partial charge in [0.2, 0.25) is 0 Å². The van der Waals surface area contributed by atoms with Crippen molar-refractivity contribution >= 4 is 5.97 Å². The third kappa shape index (κ3) is 3.47. The molecule has 0 heterocycles. The zero-order valence-electron chi connectivity index (χ0n) is 11.4. The fraction of sp³-hybridized carbons (Fsp3) is 0.500. The summed E-state index contributed by atoms with van der Waals surface area (Å²) in [6.07, 6.45) is 1.25. The molecule has 1 rings (SSSR count). The SMILES string of the molecule is COC(=O)C(N)CCc1c(C)cc(C)cc1OC. The van der Waals surface area contributed by atoms with Crippen molar-refractivity contribution in [2.24, 2.45) is 5.73 Å². The maximum atomic E-state index is 11.2. The van der Waals surface area contributed by atoms with Gasteiger partial charge in [0.05, 0.1) is 14.2 Å². The van der Waals surface area contributed by atoms with E-state index in [0.29, 0.717) is 12.8 Å². The Morgan fingerprint density at radius 3 is 2.56 bits per heavy atom. The Labute approximate surface area is 108 Å². The summed E-state index contributed by atoms with van der Waals surface area (Å²) in [5.74, 6) is 0.475. The fourth-order valence-corrected chi connectivity index (χ4v) is 2.03. The van der Waals surface area contributed by atoms with Gasteiger partial charge in [0, 0.05) is 0 Å². The molecule has 0 spiro atoms. The number of hydrogen-bond donors (Lipinski definition) is 1. The third-order valence-electron chi connectivity index (χ3n) is 3.01. The van der Waals surface area contributed by atoms with Crippen molar-refractivity contribution in [3.8, 4) is 5.75 Å². The number of carbonyl (C=O) groups excluding carboxylic acids is 1. The highest BCUT2D eigenvalue weighted by atomic mass is 16.5. The van der Waals surface area contributed by atoms with E-state index in [0.717, 1.165) is 22.4 Å². The molecule has 1 aromatic rings. The molecule has 1 aromatic carbocycles. The van der Waals surface area contributed by atoms with Crippen molar-refractivity contribution in [2.75, 3.05) is 14.2 Å². The fourth-order valence-electron chi connectivity index (χ4n) is 2.03. The van der Waals surface area contributed by atoms with E-state index in [1.54, 1.807) is 7.11 Å². The molecule has 1 unspecified atom stereocenters. The van der Waals surface area contributed by atoms with Crippen LogP contribution in [-0.4, -0.2) is 26.2 Å². The molecule has 100 valence electrons. The van der Waals surface area contributed by atoms with E-state index in [-0.39, 0.29) is 5.97 Å². The van der Waals surface area contributed by atoms with Crippen LogP contribution in [0, 0.1) is 13.8 Å². The second-order valence-corrected chi connectivity index (χ2v) is 4.43. The molecule has 0 aliphatic heterocycles. The summed E-state index contributed by atoms with van der Waals surface area (Å²) in [5, 5.41) is 0. The Kier molecular flexibility index (Phi) is 5.16. The topological polar surface area (TPSA) is 61.5 Å². The highest BCUT2D eigenvalue weighted by Gasteiger charge is 2.15. The van der Waals surface area contributed by atoms with Crippen LogP contribution in [-0.2, 0) is 16.0 Å². The Bertz CT molecular complexity index is 429. The average molecular weight is 251 g/mol. The molecule has 2 N–H and O–H groups in total. The first kappa shape index (κ1) is 14.5. The molecule has 0 amide bonds. The van der Waals surface area contributed by atoms with Gasteiger partial charge >= 0.3 is 5.97 Å². The van der Waals surface area contributed by atoms with Crippen LogP contribution in [0.5, 0.6) is 5.75 Å². The molecule has 0 bridgehead atoms. The Balaban J connectivity index is 2.81. The lowest BCUT2D eigenvalue weighted by Crippen LogP contribution is -2.32. The maximum Gasteiger partial charge on any atom is 0.322 e. The molecular formula is C14H21NO3. The molecule has 0 saturated heterocycles. The highest BCUT2D eigenvalue weighted by molar-refractivity contribution is 5.75. The van der Waals surface area contributed by atoms with Gasteiger partial charge in [-0.25, -0.2) is 0 Å². The zero-order chi connectivity index (χ0) is 13.7. The minimum Gasteiger partial charge on any atom is -0.496 e. The predicted octanol–water partition coefficient (Wildman–Crippen LogP) is 1.74. The molecule has 0 radical (unpaired) electrons.